The SMILES string of the molecule is CCCNCc1ccc(OCCSC(F)(F)F)c(F)c1. The molecular formula is C13H17F4NOS. The van der Waals surface area contributed by atoms with Gasteiger partial charge in [0.1, 0.15) is 0 Å². The van der Waals surface area contributed by atoms with Gasteiger partial charge in [-0.15, -0.1) is 0 Å². The quantitative estimate of drug-likeness (QED) is 0.580. The van der Waals surface area contributed by atoms with Gasteiger partial charge in [0.15, 0.2) is 11.6 Å². The molecule has 0 atom stereocenters. The van der Waals surface area contributed by atoms with Crippen molar-refractivity contribution in [2.75, 3.05) is 18.9 Å². The molecule has 114 valence electrons. The maximum absolute atomic E-state index is 13.6. The van der Waals surface area contributed by atoms with Crippen molar-refractivity contribution >= 4 is 11.8 Å². The minimum atomic E-state index is -4.28. The molecule has 1 rings (SSSR count). The summed E-state index contributed by atoms with van der Waals surface area (Å²) in [5.74, 6) is -0.840. The molecule has 0 saturated heterocycles. The number of thioether (sulfide) groups is 1. The molecule has 1 aromatic carbocycles. The van der Waals surface area contributed by atoms with E-state index < -0.39 is 11.3 Å². The van der Waals surface area contributed by atoms with E-state index in [0.29, 0.717) is 6.54 Å². The Morgan fingerprint density at radius 1 is 1.30 bits per heavy atom. The Balaban J connectivity index is 2.39. The van der Waals surface area contributed by atoms with Gasteiger partial charge < -0.3 is 10.1 Å². The zero-order valence-corrected chi connectivity index (χ0v) is 11.9. The molecule has 0 unspecified atom stereocenters. The summed E-state index contributed by atoms with van der Waals surface area (Å²) in [6, 6.07) is 4.46. The maximum Gasteiger partial charge on any atom is 0.441 e. The molecule has 0 radical (unpaired) electrons. The van der Waals surface area contributed by atoms with Crippen LogP contribution in [-0.4, -0.2) is 24.4 Å². The summed E-state index contributed by atoms with van der Waals surface area (Å²) < 4.78 is 54.3. The summed E-state index contributed by atoms with van der Waals surface area (Å²) in [7, 11) is 0. The largest absolute Gasteiger partial charge is 0.490 e. The highest BCUT2D eigenvalue weighted by atomic mass is 32.2. The van der Waals surface area contributed by atoms with Crippen molar-refractivity contribution in [2.45, 2.75) is 25.4 Å². The predicted octanol–water partition coefficient (Wildman–Crippen LogP) is 3.96. The molecule has 0 fully saturated rings. The number of nitrogens with one attached hydrogen (secondary N) is 1. The van der Waals surface area contributed by atoms with Crippen LogP contribution in [0.1, 0.15) is 18.9 Å². The lowest BCUT2D eigenvalue weighted by Crippen LogP contribution is -2.14. The number of hydrogen-bond donors (Lipinski definition) is 1. The number of hydrogen-bond acceptors (Lipinski definition) is 3. The van der Waals surface area contributed by atoms with E-state index >= 15 is 0 Å². The average molecular weight is 311 g/mol. The topological polar surface area (TPSA) is 21.3 Å². The Morgan fingerprint density at radius 2 is 2.05 bits per heavy atom. The average Bonchev–Trinajstić information content (AvgIpc) is 2.36. The Kier molecular flexibility index (Phi) is 7.15. The molecule has 1 N–H and O–H groups in total. The molecular weight excluding hydrogens is 294 g/mol. The first-order chi connectivity index (χ1) is 9.42. The standard InChI is InChI=1S/C13H17F4NOS/c1-2-5-18-9-10-3-4-12(11(14)8-10)19-6-7-20-13(15,16)17/h3-4,8,18H,2,5-7,9H2,1H3. The summed E-state index contributed by atoms with van der Waals surface area (Å²) in [6.45, 7) is 3.24. The van der Waals surface area contributed by atoms with Crippen LogP contribution < -0.4 is 10.1 Å². The van der Waals surface area contributed by atoms with Crippen molar-refractivity contribution in [3.05, 3.63) is 29.6 Å². The fourth-order valence-electron chi connectivity index (χ4n) is 1.49. The summed E-state index contributed by atoms with van der Waals surface area (Å²) in [6.07, 6.45) is 0.987. The highest BCUT2D eigenvalue weighted by Gasteiger charge is 2.27. The summed E-state index contributed by atoms with van der Waals surface area (Å²) in [5.41, 5.74) is -3.51. The molecule has 0 aliphatic rings. The first-order valence-electron chi connectivity index (χ1n) is 6.25. The number of ether oxygens (including phenoxy) is 1. The van der Waals surface area contributed by atoms with Crippen molar-refractivity contribution in [3.8, 4) is 5.75 Å². The van der Waals surface area contributed by atoms with Crippen LogP contribution in [0.3, 0.4) is 0 Å². The van der Waals surface area contributed by atoms with Gasteiger partial charge in [-0.1, -0.05) is 13.0 Å². The van der Waals surface area contributed by atoms with Crippen molar-refractivity contribution < 1.29 is 22.3 Å². The van der Waals surface area contributed by atoms with Gasteiger partial charge in [0.25, 0.3) is 0 Å². The molecule has 0 aliphatic heterocycles. The van der Waals surface area contributed by atoms with E-state index in [0.717, 1.165) is 18.5 Å². The highest BCUT2D eigenvalue weighted by molar-refractivity contribution is 8.00. The first kappa shape index (κ1) is 17.1. The number of alkyl halides is 3. The highest BCUT2D eigenvalue weighted by Crippen LogP contribution is 2.30. The van der Waals surface area contributed by atoms with E-state index in [1.54, 1.807) is 6.07 Å². The van der Waals surface area contributed by atoms with Crippen LogP contribution in [0.15, 0.2) is 18.2 Å². The predicted molar refractivity (Wildman–Crippen MR) is 72.4 cm³/mol. The summed E-state index contributed by atoms with van der Waals surface area (Å²) >= 11 is -0.182. The summed E-state index contributed by atoms with van der Waals surface area (Å²) in [4.78, 5) is 0. The van der Waals surface area contributed by atoms with Crippen LogP contribution in [0.25, 0.3) is 0 Å². The van der Waals surface area contributed by atoms with Gasteiger partial charge in [0.2, 0.25) is 0 Å². The van der Waals surface area contributed by atoms with Gasteiger partial charge in [-0.05, 0) is 42.4 Å². The van der Waals surface area contributed by atoms with Crippen molar-refractivity contribution in [1.82, 2.24) is 5.32 Å². The normalized spacial score (nSPS) is 11.7. The summed E-state index contributed by atoms with van der Waals surface area (Å²) in [5, 5.41) is 3.13. The van der Waals surface area contributed by atoms with E-state index in [-0.39, 0.29) is 29.9 Å². The zero-order valence-electron chi connectivity index (χ0n) is 11.1. The van der Waals surface area contributed by atoms with Gasteiger partial charge in [-0.2, -0.15) is 13.2 Å². The molecule has 0 spiro atoms. The molecule has 7 heteroatoms. The third-order valence-corrected chi connectivity index (χ3v) is 3.06. The molecule has 0 aliphatic carbocycles. The van der Waals surface area contributed by atoms with Crippen LogP contribution in [0, 0.1) is 5.82 Å². The Morgan fingerprint density at radius 3 is 2.65 bits per heavy atom. The number of benzene rings is 1. The van der Waals surface area contributed by atoms with Crippen LogP contribution in [0.4, 0.5) is 17.6 Å². The van der Waals surface area contributed by atoms with Gasteiger partial charge in [0.05, 0.1) is 6.61 Å². The molecule has 0 heterocycles. The van der Waals surface area contributed by atoms with Crippen LogP contribution in [0.5, 0.6) is 5.75 Å². The number of halogens is 4. The Labute approximate surface area is 119 Å². The first-order valence-corrected chi connectivity index (χ1v) is 7.23. The van der Waals surface area contributed by atoms with E-state index in [9.17, 15) is 17.6 Å². The fraction of sp³-hybridized carbons (Fsp3) is 0.538. The van der Waals surface area contributed by atoms with Crippen LogP contribution in [0.2, 0.25) is 0 Å². The molecule has 1 aromatic rings. The third kappa shape index (κ3) is 7.00. The van der Waals surface area contributed by atoms with Gasteiger partial charge in [0, 0.05) is 12.3 Å². The minimum absolute atomic E-state index is 0.0213. The fourth-order valence-corrected chi connectivity index (χ4v) is 1.89. The molecule has 0 amide bonds. The van der Waals surface area contributed by atoms with Gasteiger partial charge in [-0.25, -0.2) is 4.39 Å². The molecule has 0 saturated carbocycles. The van der Waals surface area contributed by atoms with Crippen LogP contribution >= 0.6 is 11.8 Å². The van der Waals surface area contributed by atoms with E-state index in [1.807, 2.05) is 6.92 Å². The lowest BCUT2D eigenvalue weighted by atomic mass is 10.2. The van der Waals surface area contributed by atoms with Crippen molar-refractivity contribution in [2.24, 2.45) is 0 Å². The molecule has 20 heavy (non-hydrogen) atoms. The minimum Gasteiger partial charge on any atom is -0.490 e. The van der Waals surface area contributed by atoms with Crippen molar-refractivity contribution in [3.63, 3.8) is 0 Å². The molecule has 0 aromatic heterocycles. The van der Waals surface area contributed by atoms with Crippen molar-refractivity contribution in [1.29, 1.82) is 0 Å². The third-order valence-electron chi connectivity index (χ3n) is 2.36. The maximum atomic E-state index is 13.6. The molecule has 2 nitrogen and oxygen atoms in total. The number of rotatable bonds is 8. The monoisotopic (exact) mass is 311 g/mol. The second kappa shape index (κ2) is 8.36. The van der Waals surface area contributed by atoms with Gasteiger partial charge >= 0.3 is 5.51 Å². The van der Waals surface area contributed by atoms with E-state index in [1.165, 1.54) is 12.1 Å². The smallest absolute Gasteiger partial charge is 0.441 e. The Hall–Kier alpha value is -0.950. The second-order valence-electron chi connectivity index (χ2n) is 4.08. The second-order valence-corrected chi connectivity index (χ2v) is 5.24. The lowest BCUT2D eigenvalue weighted by molar-refractivity contribution is -0.0329. The zero-order chi connectivity index (χ0) is 15.0. The van der Waals surface area contributed by atoms with Gasteiger partial charge in [-0.3, -0.25) is 0 Å². The Bertz CT molecular complexity index is 412. The lowest BCUT2D eigenvalue weighted by Gasteiger charge is -2.10. The van der Waals surface area contributed by atoms with Crippen LogP contribution in [-0.2, 0) is 6.54 Å². The molecule has 0 bridgehead atoms. The van der Waals surface area contributed by atoms with E-state index in [2.05, 4.69) is 5.32 Å². The van der Waals surface area contributed by atoms with E-state index in [4.69, 9.17) is 4.74 Å².